The molecule has 1 N–H and O–H groups in total. The minimum atomic E-state index is -0.283. The van der Waals surface area contributed by atoms with Crippen LogP contribution in [0.1, 0.15) is 54.0 Å². The summed E-state index contributed by atoms with van der Waals surface area (Å²) in [6, 6.07) is 16.6. The van der Waals surface area contributed by atoms with Gasteiger partial charge in [-0.2, -0.15) is 5.10 Å². The Morgan fingerprint density at radius 3 is 2.42 bits per heavy atom. The molecule has 0 fully saturated rings. The summed E-state index contributed by atoms with van der Waals surface area (Å²) in [6.07, 6.45) is 0. The number of aryl methyl sites for hydroxylation is 2. The van der Waals surface area contributed by atoms with E-state index in [0.717, 1.165) is 34.6 Å². The number of nitrogens with zero attached hydrogens (tertiary/aromatic N) is 4. The zero-order valence-electron chi connectivity index (χ0n) is 23.5. The van der Waals surface area contributed by atoms with Crippen LogP contribution in [-0.4, -0.2) is 66.0 Å². The highest BCUT2D eigenvalue weighted by molar-refractivity contribution is 8.00. The number of amides is 2. The summed E-state index contributed by atoms with van der Waals surface area (Å²) in [7, 11) is 3.93. The van der Waals surface area contributed by atoms with E-state index in [2.05, 4.69) is 63.3 Å². The van der Waals surface area contributed by atoms with Gasteiger partial charge in [-0.15, -0.1) is 11.8 Å². The number of thioether (sulfide) groups is 1. The highest BCUT2D eigenvalue weighted by Gasteiger charge is 2.39. The average molecular weight is 534 g/mol. The number of fused-ring (bicyclic) bond motifs is 1. The fourth-order valence-corrected chi connectivity index (χ4v) is 5.92. The summed E-state index contributed by atoms with van der Waals surface area (Å²) in [5.74, 6) is 0.683. The van der Waals surface area contributed by atoms with Crippen LogP contribution in [0.25, 0.3) is 5.69 Å². The van der Waals surface area contributed by atoms with Crippen LogP contribution in [0.3, 0.4) is 0 Å². The Labute approximate surface area is 230 Å². The largest absolute Gasteiger partial charge is 0.353 e. The van der Waals surface area contributed by atoms with Gasteiger partial charge in [0.15, 0.2) is 0 Å². The van der Waals surface area contributed by atoms with Crippen molar-refractivity contribution in [2.45, 2.75) is 45.3 Å². The van der Waals surface area contributed by atoms with Gasteiger partial charge in [0.1, 0.15) is 12.4 Å². The average Bonchev–Trinajstić information content (AvgIpc) is 3.17. The van der Waals surface area contributed by atoms with Crippen LogP contribution in [-0.2, 0) is 15.0 Å². The number of hydrogen-bond donors (Lipinski definition) is 1. The van der Waals surface area contributed by atoms with E-state index in [4.69, 9.17) is 5.10 Å². The molecular formula is C30H39N5O2S. The molecule has 2 aromatic carbocycles. The summed E-state index contributed by atoms with van der Waals surface area (Å²) in [4.78, 5) is 30.5. The normalized spacial score (nSPS) is 15.9. The van der Waals surface area contributed by atoms with Crippen LogP contribution in [0.4, 0.5) is 5.82 Å². The number of benzene rings is 2. The number of anilines is 1. The Hall–Kier alpha value is -3.10. The summed E-state index contributed by atoms with van der Waals surface area (Å²) < 4.78 is 1.88. The second-order valence-corrected chi connectivity index (χ2v) is 12.4. The van der Waals surface area contributed by atoms with Crippen molar-refractivity contribution in [1.29, 1.82) is 0 Å². The standard InChI is InChI=1S/C30H39N5O2S/c1-20-10-8-12-22(16-20)27-26-28(30(3,4)5)32-35(23-13-9-11-21(2)17-23)29(26)34(25(37)19-38-27)18-24(36)31-14-15-33(6)7/h8-13,16-17,27H,14-15,18-19H2,1-7H3,(H,31,36). The Morgan fingerprint density at radius 2 is 1.79 bits per heavy atom. The predicted molar refractivity (Wildman–Crippen MR) is 156 cm³/mol. The molecule has 1 aliphatic rings. The van der Waals surface area contributed by atoms with Crippen molar-refractivity contribution in [3.63, 3.8) is 0 Å². The van der Waals surface area contributed by atoms with Gasteiger partial charge in [-0.1, -0.05) is 62.7 Å². The van der Waals surface area contributed by atoms with Crippen molar-refractivity contribution in [1.82, 2.24) is 20.0 Å². The van der Waals surface area contributed by atoms with Crippen molar-refractivity contribution in [2.24, 2.45) is 0 Å². The quantitative estimate of drug-likeness (QED) is 0.479. The molecule has 3 aromatic rings. The van der Waals surface area contributed by atoms with Crippen molar-refractivity contribution in [3.05, 3.63) is 76.5 Å². The molecule has 8 heteroatoms. The highest BCUT2D eigenvalue weighted by atomic mass is 32.2. The zero-order chi connectivity index (χ0) is 27.6. The summed E-state index contributed by atoms with van der Waals surface area (Å²) >= 11 is 1.61. The van der Waals surface area contributed by atoms with Gasteiger partial charge in [-0.05, 0) is 51.2 Å². The predicted octanol–water partition coefficient (Wildman–Crippen LogP) is 4.63. The first-order chi connectivity index (χ1) is 18.0. The van der Waals surface area contributed by atoms with E-state index in [1.807, 2.05) is 48.8 Å². The van der Waals surface area contributed by atoms with Crippen molar-refractivity contribution < 1.29 is 9.59 Å². The van der Waals surface area contributed by atoms with Crippen molar-refractivity contribution in [3.8, 4) is 5.69 Å². The second kappa shape index (κ2) is 11.3. The van der Waals surface area contributed by atoms with Crippen LogP contribution < -0.4 is 10.2 Å². The molecule has 0 saturated heterocycles. The number of hydrogen-bond acceptors (Lipinski definition) is 5. The first kappa shape index (κ1) is 27.9. The Bertz CT molecular complexity index is 1320. The highest BCUT2D eigenvalue weighted by Crippen LogP contribution is 2.48. The fourth-order valence-electron chi connectivity index (χ4n) is 4.73. The van der Waals surface area contributed by atoms with E-state index in [1.54, 1.807) is 16.7 Å². The van der Waals surface area contributed by atoms with Crippen LogP contribution >= 0.6 is 11.8 Å². The molecule has 1 atom stereocenters. The molecular weight excluding hydrogens is 494 g/mol. The summed E-state index contributed by atoms with van der Waals surface area (Å²) in [5.41, 5.74) is 5.92. The van der Waals surface area contributed by atoms with Crippen LogP contribution in [0.15, 0.2) is 48.5 Å². The topological polar surface area (TPSA) is 70.5 Å². The molecule has 4 rings (SSSR count). The third-order valence-electron chi connectivity index (χ3n) is 6.57. The van der Waals surface area contributed by atoms with Crippen molar-refractivity contribution in [2.75, 3.05) is 44.4 Å². The lowest BCUT2D eigenvalue weighted by Crippen LogP contribution is -2.43. The van der Waals surface area contributed by atoms with Gasteiger partial charge in [0, 0.05) is 24.1 Å². The number of aromatic nitrogens is 2. The van der Waals surface area contributed by atoms with E-state index in [1.165, 1.54) is 5.56 Å². The molecule has 2 amide bonds. The van der Waals surface area contributed by atoms with E-state index < -0.39 is 0 Å². The first-order valence-corrected chi connectivity index (χ1v) is 14.1. The Morgan fingerprint density at radius 1 is 1.11 bits per heavy atom. The molecule has 0 saturated carbocycles. The molecule has 0 bridgehead atoms. The minimum Gasteiger partial charge on any atom is -0.353 e. The van der Waals surface area contributed by atoms with Gasteiger partial charge in [0.2, 0.25) is 11.8 Å². The van der Waals surface area contributed by atoms with Crippen LogP contribution in [0.5, 0.6) is 0 Å². The van der Waals surface area contributed by atoms with Crippen LogP contribution in [0, 0.1) is 13.8 Å². The fraction of sp³-hybridized carbons (Fsp3) is 0.433. The van der Waals surface area contributed by atoms with Crippen molar-refractivity contribution >= 4 is 29.4 Å². The van der Waals surface area contributed by atoms with Gasteiger partial charge >= 0.3 is 0 Å². The van der Waals surface area contributed by atoms with E-state index >= 15 is 0 Å². The number of rotatable bonds is 7. The monoisotopic (exact) mass is 533 g/mol. The molecule has 2 heterocycles. The summed E-state index contributed by atoms with van der Waals surface area (Å²) in [5, 5.41) is 8.05. The Kier molecular flexibility index (Phi) is 8.33. The lowest BCUT2D eigenvalue weighted by atomic mass is 9.87. The van der Waals surface area contributed by atoms with Gasteiger partial charge in [-0.25, -0.2) is 4.68 Å². The van der Waals surface area contributed by atoms with Gasteiger partial charge in [-0.3, -0.25) is 14.5 Å². The number of carbonyl (C=O) groups is 2. The first-order valence-electron chi connectivity index (χ1n) is 13.1. The maximum absolute atomic E-state index is 13.7. The molecule has 0 aliphatic carbocycles. The molecule has 1 aromatic heterocycles. The number of carbonyl (C=O) groups excluding carboxylic acids is 2. The maximum atomic E-state index is 13.7. The zero-order valence-corrected chi connectivity index (χ0v) is 24.4. The second-order valence-electron chi connectivity index (χ2n) is 11.3. The maximum Gasteiger partial charge on any atom is 0.240 e. The van der Waals surface area contributed by atoms with E-state index in [0.29, 0.717) is 12.4 Å². The SMILES string of the molecule is Cc1cccc(C2SCC(=O)N(CC(=O)NCCN(C)C)c3c2c(C(C)(C)C)nn3-c2cccc(C)c2)c1. The molecule has 1 unspecified atom stereocenters. The molecule has 202 valence electrons. The third-order valence-corrected chi connectivity index (χ3v) is 7.83. The summed E-state index contributed by atoms with van der Waals surface area (Å²) in [6.45, 7) is 11.8. The molecule has 0 spiro atoms. The Balaban J connectivity index is 1.93. The number of likely N-dealkylation sites (N-methyl/N-ethyl adjacent to an activating group) is 1. The lowest BCUT2D eigenvalue weighted by molar-refractivity contribution is -0.122. The van der Waals surface area contributed by atoms with Crippen LogP contribution in [0.2, 0.25) is 0 Å². The smallest absolute Gasteiger partial charge is 0.240 e. The molecule has 7 nitrogen and oxygen atoms in total. The third kappa shape index (κ3) is 6.13. The number of nitrogens with one attached hydrogen (secondary N) is 1. The molecule has 0 radical (unpaired) electrons. The van der Waals surface area contributed by atoms with E-state index in [9.17, 15) is 9.59 Å². The minimum absolute atomic E-state index is 0.0541. The van der Waals surface area contributed by atoms with E-state index in [-0.39, 0.29) is 34.8 Å². The lowest BCUT2D eigenvalue weighted by Gasteiger charge is -2.25. The van der Waals surface area contributed by atoms with Gasteiger partial charge in [0.25, 0.3) is 0 Å². The molecule has 38 heavy (non-hydrogen) atoms. The van der Waals surface area contributed by atoms with Gasteiger partial charge in [0.05, 0.1) is 22.4 Å². The van der Waals surface area contributed by atoms with Gasteiger partial charge < -0.3 is 10.2 Å². The molecule has 1 aliphatic heterocycles.